The van der Waals surface area contributed by atoms with Crippen LogP contribution in [0.1, 0.15) is 0 Å². The Bertz CT molecular complexity index is 478. The highest BCUT2D eigenvalue weighted by Gasteiger charge is 2.09. The van der Waals surface area contributed by atoms with Gasteiger partial charge in [0.1, 0.15) is 0 Å². The fourth-order valence-corrected chi connectivity index (χ4v) is 1.93. The van der Waals surface area contributed by atoms with Crippen molar-refractivity contribution in [2.24, 2.45) is 0 Å². The Morgan fingerprint density at radius 3 is 3.08 bits per heavy atom. The highest BCUT2D eigenvalue weighted by Crippen LogP contribution is 2.21. The lowest BCUT2D eigenvalue weighted by Crippen LogP contribution is -2.05. The van der Waals surface area contributed by atoms with Gasteiger partial charge in [-0.3, -0.25) is 9.55 Å². The van der Waals surface area contributed by atoms with Crippen LogP contribution in [0, 0.1) is 3.57 Å². The van der Waals surface area contributed by atoms with Crippen LogP contribution >= 0.6 is 22.6 Å². The highest BCUT2D eigenvalue weighted by molar-refractivity contribution is 14.1. The van der Waals surface area contributed by atoms with E-state index in [4.69, 9.17) is 5.11 Å². The largest absolute Gasteiger partial charge is 0.464 e. The summed E-state index contributed by atoms with van der Waals surface area (Å²) in [5, 5.41) is 9.74. The molecule has 0 radical (unpaired) electrons. The maximum atomic E-state index is 10.8. The van der Waals surface area contributed by atoms with Crippen LogP contribution in [0.3, 0.4) is 0 Å². The van der Waals surface area contributed by atoms with Gasteiger partial charge in [0.25, 0.3) is 0 Å². The molecule has 13 heavy (non-hydrogen) atoms. The van der Waals surface area contributed by atoms with Crippen molar-refractivity contribution < 1.29 is 9.90 Å². The first kappa shape index (κ1) is 8.49. The van der Waals surface area contributed by atoms with Crippen molar-refractivity contribution in [2.75, 3.05) is 0 Å². The van der Waals surface area contributed by atoms with Crippen molar-refractivity contribution in [3.63, 3.8) is 0 Å². The number of pyridine rings is 1. The fraction of sp³-hybridized carbons (Fsp3) is 0. The van der Waals surface area contributed by atoms with Gasteiger partial charge in [0.05, 0.1) is 11.7 Å². The van der Waals surface area contributed by atoms with Gasteiger partial charge < -0.3 is 5.11 Å². The van der Waals surface area contributed by atoms with E-state index in [1.54, 1.807) is 24.7 Å². The molecule has 2 aromatic heterocycles. The Kier molecular flexibility index (Phi) is 1.95. The molecule has 0 unspecified atom stereocenters. The van der Waals surface area contributed by atoms with Crippen LogP contribution in [0.5, 0.6) is 0 Å². The molecule has 5 heteroatoms. The van der Waals surface area contributed by atoms with Gasteiger partial charge in [-0.25, -0.2) is 4.79 Å². The Labute approximate surface area is 87.3 Å². The van der Waals surface area contributed by atoms with Crippen molar-refractivity contribution in [1.82, 2.24) is 9.55 Å². The second kappa shape index (κ2) is 2.99. The lowest BCUT2D eigenvalue weighted by molar-refractivity contribution is 0.197. The van der Waals surface area contributed by atoms with Gasteiger partial charge in [0.2, 0.25) is 0 Å². The number of rotatable bonds is 0. The minimum atomic E-state index is -0.985. The van der Waals surface area contributed by atoms with Crippen LogP contribution < -0.4 is 0 Å². The Morgan fingerprint density at radius 2 is 2.38 bits per heavy atom. The molecule has 0 atom stereocenters. The first-order valence-electron chi connectivity index (χ1n) is 3.54. The lowest BCUT2D eigenvalue weighted by Gasteiger charge is -1.94. The van der Waals surface area contributed by atoms with Crippen LogP contribution in [0.2, 0.25) is 0 Å². The van der Waals surface area contributed by atoms with E-state index >= 15 is 0 Å². The van der Waals surface area contributed by atoms with Gasteiger partial charge in [-0.2, -0.15) is 0 Å². The smallest absolute Gasteiger partial charge is 0.416 e. The number of nitrogens with zero attached hydrogens (tertiary/aromatic N) is 2. The minimum Gasteiger partial charge on any atom is -0.464 e. The maximum absolute atomic E-state index is 10.8. The van der Waals surface area contributed by atoms with Crippen molar-refractivity contribution in [3.8, 4) is 0 Å². The summed E-state index contributed by atoms with van der Waals surface area (Å²) < 4.78 is 2.08. The van der Waals surface area contributed by atoms with Crippen molar-refractivity contribution in [2.45, 2.75) is 0 Å². The number of carbonyl (C=O) groups is 1. The molecule has 66 valence electrons. The molecule has 0 aliphatic heterocycles. The van der Waals surface area contributed by atoms with Crippen LogP contribution in [0.4, 0.5) is 4.79 Å². The fourth-order valence-electron chi connectivity index (χ4n) is 1.19. The molecule has 2 rings (SSSR count). The lowest BCUT2D eigenvalue weighted by atomic mass is 10.3. The molecule has 0 spiro atoms. The molecule has 1 N–H and O–H groups in total. The van der Waals surface area contributed by atoms with E-state index < -0.39 is 6.09 Å². The zero-order valence-electron chi connectivity index (χ0n) is 6.44. The van der Waals surface area contributed by atoms with Gasteiger partial charge in [-0.15, -0.1) is 0 Å². The number of hydrogen-bond acceptors (Lipinski definition) is 2. The Balaban J connectivity index is 2.85. The van der Waals surface area contributed by atoms with E-state index in [9.17, 15) is 4.79 Å². The molecular formula is C8H5IN2O2. The SMILES string of the molecule is O=C(O)n1cc(I)c2ccncc21. The summed E-state index contributed by atoms with van der Waals surface area (Å²) >= 11 is 2.10. The van der Waals surface area contributed by atoms with Gasteiger partial charge in [0, 0.05) is 21.4 Å². The standard InChI is InChI=1S/C8H5IN2O2/c9-6-4-11(8(12)13)7-3-10-2-1-5(6)7/h1-4H,(H,12,13). The van der Waals surface area contributed by atoms with Gasteiger partial charge >= 0.3 is 6.09 Å². The van der Waals surface area contributed by atoms with Crippen molar-refractivity contribution in [1.29, 1.82) is 0 Å². The van der Waals surface area contributed by atoms with E-state index in [0.717, 1.165) is 8.96 Å². The van der Waals surface area contributed by atoms with Crippen LogP contribution in [0.25, 0.3) is 10.9 Å². The van der Waals surface area contributed by atoms with Crippen LogP contribution in [-0.4, -0.2) is 20.8 Å². The topological polar surface area (TPSA) is 55.1 Å². The first-order valence-corrected chi connectivity index (χ1v) is 4.62. The zero-order valence-corrected chi connectivity index (χ0v) is 8.59. The minimum absolute atomic E-state index is 0.624. The first-order chi connectivity index (χ1) is 6.20. The van der Waals surface area contributed by atoms with Gasteiger partial charge in [0.15, 0.2) is 0 Å². The van der Waals surface area contributed by atoms with E-state index in [1.807, 2.05) is 0 Å². The monoisotopic (exact) mass is 288 g/mol. The molecule has 2 heterocycles. The van der Waals surface area contributed by atoms with E-state index in [-0.39, 0.29) is 0 Å². The molecule has 0 bridgehead atoms. The van der Waals surface area contributed by atoms with Crippen molar-refractivity contribution >= 4 is 39.6 Å². The third kappa shape index (κ3) is 1.28. The second-order valence-electron chi connectivity index (χ2n) is 2.52. The number of fused-ring (bicyclic) bond motifs is 1. The average Bonchev–Trinajstić information content (AvgIpc) is 2.45. The third-order valence-electron chi connectivity index (χ3n) is 1.77. The molecule has 0 aromatic carbocycles. The molecule has 2 aromatic rings. The van der Waals surface area contributed by atoms with Gasteiger partial charge in [-0.1, -0.05) is 0 Å². The molecule has 0 fully saturated rings. The third-order valence-corrected chi connectivity index (χ3v) is 2.63. The summed E-state index contributed by atoms with van der Waals surface area (Å²) in [7, 11) is 0. The molecule has 0 aliphatic rings. The number of carboxylic acid groups (broad SMARTS) is 1. The molecule has 0 amide bonds. The Morgan fingerprint density at radius 1 is 1.62 bits per heavy atom. The van der Waals surface area contributed by atoms with E-state index in [0.29, 0.717) is 5.52 Å². The maximum Gasteiger partial charge on any atom is 0.416 e. The summed E-state index contributed by atoms with van der Waals surface area (Å²) in [5.74, 6) is 0. The highest BCUT2D eigenvalue weighted by atomic mass is 127. The second-order valence-corrected chi connectivity index (χ2v) is 3.68. The predicted molar refractivity (Wildman–Crippen MR) is 55.9 cm³/mol. The molecular weight excluding hydrogens is 283 g/mol. The quantitative estimate of drug-likeness (QED) is 0.756. The van der Waals surface area contributed by atoms with E-state index in [1.165, 1.54) is 4.57 Å². The van der Waals surface area contributed by atoms with Crippen LogP contribution in [0.15, 0.2) is 24.7 Å². The van der Waals surface area contributed by atoms with Crippen LogP contribution in [-0.2, 0) is 0 Å². The molecule has 0 saturated heterocycles. The zero-order chi connectivity index (χ0) is 9.42. The van der Waals surface area contributed by atoms with Gasteiger partial charge in [-0.05, 0) is 28.7 Å². The summed E-state index contributed by atoms with van der Waals surface area (Å²) in [6.07, 6.45) is 3.79. The number of aromatic nitrogens is 2. The molecule has 0 aliphatic carbocycles. The van der Waals surface area contributed by atoms with E-state index in [2.05, 4.69) is 27.6 Å². The predicted octanol–water partition coefficient (Wildman–Crippen LogP) is 2.17. The summed E-state index contributed by atoms with van der Waals surface area (Å²) in [4.78, 5) is 14.6. The number of halogens is 1. The summed E-state index contributed by atoms with van der Waals surface area (Å²) in [5.41, 5.74) is 0.624. The normalized spacial score (nSPS) is 10.5. The van der Waals surface area contributed by atoms with Crippen molar-refractivity contribution in [3.05, 3.63) is 28.2 Å². The Hall–Kier alpha value is -1.11. The average molecular weight is 288 g/mol. The molecule has 0 saturated carbocycles. The summed E-state index contributed by atoms with van der Waals surface area (Å²) in [6.45, 7) is 0. The summed E-state index contributed by atoms with van der Waals surface area (Å²) in [6, 6.07) is 1.80. The molecule has 4 nitrogen and oxygen atoms in total. The number of hydrogen-bond donors (Lipinski definition) is 1.